The second-order valence-electron chi connectivity index (χ2n) is 6.06. The summed E-state index contributed by atoms with van der Waals surface area (Å²) >= 11 is 0. The predicted molar refractivity (Wildman–Crippen MR) is 102 cm³/mol. The minimum absolute atomic E-state index is 0.0941. The molecule has 2 aromatic carbocycles. The number of ether oxygens (including phenoxy) is 3. The molecule has 0 radical (unpaired) electrons. The van der Waals surface area contributed by atoms with Gasteiger partial charge in [-0.25, -0.2) is 4.79 Å². The number of amides is 2. The van der Waals surface area contributed by atoms with Crippen LogP contribution in [0.15, 0.2) is 48.5 Å². The van der Waals surface area contributed by atoms with Crippen LogP contribution in [0.5, 0.6) is 11.5 Å². The van der Waals surface area contributed by atoms with Crippen molar-refractivity contribution in [1.82, 2.24) is 0 Å². The highest BCUT2D eigenvalue weighted by atomic mass is 16.6. The number of anilines is 1. The summed E-state index contributed by atoms with van der Waals surface area (Å²) in [5.74, 6) is 0.463. The van der Waals surface area contributed by atoms with E-state index in [-0.39, 0.29) is 37.9 Å². The van der Waals surface area contributed by atoms with Gasteiger partial charge in [-0.15, -0.1) is 0 Å². The van der Waals surface area contributed by atoms with Crippen LogP contribution in [0, 0.1) is 0 Å². The number of benzene rings is 2. The highest BCUT2D eigenvalue weighted by Gasteiger charge is 2.30. The van der Waals surface area contributed by atoms with E-state index >= 15 is 0 Å². The minimum Gasteiger partial charge on any atom is -0.494 e. The summed E-state index contributed by atoms with van der Waals surface area (Å²) in [5.41, 5.74) is 0.798. The van der Waals surface area contributed by atoms with Gasteiger partial charge in [0.25, 0.3) is 0 Å². The molecule has 2 amide bonds. The molecule has 1 aliphatic heterocycles. The van der Waals surface area contributed by atoms with E-state index in [9.17, 15) is 14.4 Å². The molecule has 0 N–H and O–H groups in total. The first kappa shape index (κ1) is 19.4. The van der Waals surface area contributed by atoms with Gasteiger partial charge >= 0.3 is 5.97 Å². The van der Waals surface area contributed by atoms with Crippen LogP contribution in [0.4, 0.5) is 5.69 Å². The SMILES string of the molecule is CCOc1ccc(OCCOC(=O)c2ccc(N3C(=O)CCC3=O)cc2)cc1. The number of hydrogen-bond donors (Lipinski definition) is 0. The third kappa shape index (κ3) is 4.68. The van der Waals surface area contributed by atoms with Gasteiger partial charge in [0.1, 0.15) is 24.7 Å². The van der Waals surface area contributed by atoms with E-state index in [1.54, 1.807) is 24.3 Å². The quantitative estimate of drug-likeness (QED) is 0.396. The zero-order valence-corrected chi connectivity index (χ0v) is 15.6. The van der Waals surface area contributed by atoms with Gasteiger partial charge in [-0.05, 0) is 55.5 Å². The second kappa shape index (κ2) is 9.03. The highest BCUT2D eigenvalue weighted by molar-refractivity contribution is 6.19. The van der Waals surface area contributed by atoms with E-state index < -0.39 is 5.97 Å². The average Bonchev–Trinajstić information content (AvgIpc) is 3.05. The number of imide groups is 1. The summed E-state index contributed by atoms with van der Waals surface area (Å²) in [6, 6.07) is 13.4. The smallest absolute Gasteiger partial charge is 0.338 e. The van der Waals surface area contributed by atoms with Crippen molar-refractivity contribution in [3.05, 3.63) is 54.1 Å². The van der Waals surface area contributed by atoms with E-state index in [1.165, 1.54) is 12.1 Å². The maximum atomic E-state index is 12.1. The number of carbonyl (C=O) groups excluding carboxylic acids is 3. The first-order chi connectivity index (χ1) is 13.6. The van der Waals surface area contributed by atoms with Crippen molar-refractivity contribution < 1.29 is 28.6 Å². The predicted octanol–water partition coefficient (Wildman–Crippen LogP) is 2.97. The molecule has 1 aliphatic rings. The molecule has 0 unspecified atom stereocenters. The van der Waals surface area contributed by atoms with Crippen molar-refractivity contribution >= 4 is 23.5 Å². The number of carbonyl (C=O) groups is 3. The zero-order chi connectivity index (χ0) is 19.9. The molecule has 28 heavy (non-hydrogen) atoms. The number of rotatable bonds is 8. The Morgan fingerprint density at radius 1 is 0.857 bits per heavy atom. The molecule has 1 heterocycles. The van der Waals surface area contributed by atoms with Crippen molar-refractivity contribution in [1.29, 1.82) is 0 Å². The fourth-order valence-corrected chi connectivity index (χ4v) is 2.79. The Bertz CT molecular complexity index is 828. The van der Waals surface area contributed by atoms with Crippen LogP contribution in [0.2, 0.25) is 0 Å². The number of esters is 1. The monoisotopic (exact) mass is 383 g/mol. The molecule has 0 saturated carbocycles. The lowest BCUT2D eigenvalue weighted by Crippen LogP contribution is -2.28. The first-order valence-electron chi connectivity index (χ1n) is 9.07. The number of nitrogens with zero attached hydrogens (tertiary/aromatic N) is 1. The lowest BCUT2D eigenvalue weighted by molar-refractivity contribution is -0.121. The van der Waals surface area contributed by atoms with Gasteiger partial charge in [0.15, 0.2) is 0 Å². The fourth-order valence-electron chi connectivity index (χ4n) is 2.79. The molecule has 0 atom stereocenters. The molecule has 1 saturated heterocycles. The van der Waals surface area contributed by atoms with Gasteiger partial charge in [-0.3, -0.25) is 14.5 Å². The van der Waals surface area contributed by atoms with Crippen LogP contribution < -0.4 is 14.4 Å². The zero-order valence-electron chi connectivity index (χ0n) is 15.6. The Hall–Kier alpha value is -3.35. The van der Waals surface area contributed by atoms with Gasteiger partial charge in [0.2, 0.25) is 11.8 Å². The van der Waals surface area contributed by atoms with E-state index in [4.69, 9.17) is 14.2 Å². The Labute approximate surface area is 162 Å². The van der Waals surface area contributed by atoms with Crippen molar-refractivity contribution in [2.24, 2.45) is 0 Å². The van der Waals surface area contributed by atoms with E-state index in [2.05, 4.69) is 0 Å². The molecule has 0 aliphatic carbocycles. The summed E-state index contributed by atoms with van der Waals surface area (Å²) in [5, 5.41) is 0. The van der Waals surface area contributed by atoms with Gasteiger partial charge < -0.3 is 14.2 Å². The van der Waals surface area contributed by atoms with Gasteiger partial charge in [-0.1, -0.05) is 0 Å². The first-order valence-corrected chi connectivity index (χ1v) is 9.07. The molecule has 3 rings (SSSR count). The fraction of sp³-hybridized carbons (Fsp3) is 0.286. The van der Waals surface area contributed by atoms with Crippen LogP contribution in [0.1, 0.15) is 30.1 Å². The molecule has 7 heteroatoms. The van der Waals surface area contributed by atoms with Gasteiger partial charge in [0.05, 0.1) is 17.9 Å². The average molecular weight is 383 g/mol. The standard InChI is InChI=1S/C21H21NO6/c1-2-26-17-7-9-18(10-8-17)27-13-14-28-21(25)15-3-5-16(6-4-15)22-19(23)11-12-20(22)24/h3-10H,2,11-14H2,1H3. The second-order valence-corrected chi connectivity index (χ2v) is 6.06. The van der Waals surface area contributed by atoms with Gasteiger partial charge in [0, 0.05) is 12.8 Å². The molecule has 1 fully saturated rings. The van der Waals surface area contributed by atoms with Crippen LogP contribution in [0.3, 0.4) is 0 Å². The molecule has 146 valence electrons. The topological polar surface area (TPSA) is 82.1 Å². The molecule has 7 nitrogen and oxygen atoms in total. The van der Waals surface area contributed by atoms with Crippen molar-refractivity contribution in [3.8, 4) is 11.5 Å². The van der Waals surface area contributed by atoms with E-state index in [0.717, 1.165) is 10.6 Å². The van der Waals surface area contributed by atoms with Crippen LogP contribution in [0.25, 0.3) is 0 Å². The Balaban J connectivity index is 1.46. The molecule has 0 aromatic heterocycles. The summed E-state index contributed by atoms with van der Waals surface area (Å²) < 4.78 is 16.1. The van der Waals surface area contributed by atoms with Crippen LogP contribution in [-0.4, -0.2) is 37.6 Å². The Morgan fingerprint density at radius 3 is 2.00 bits per heavy atom. The molecular weight excluding hydrogens is 362 g/mol. The molecule has 0 spiro atoms. The largest absolute Gasteiger partial charge is 0.494 e. The maximum Gasteiger partial charge on any atom is 0.338 e. The maximum absolute atomic E-state index is 12.1. The Morgan fingerprint density at radius 2 is 1.43 bits per heavy atom. The minimum atomic E-state index is -0.499. The third-order valence-electron chi connectivity index (χ3n) is 4.13. The highest BCUT2D eigenvalue weighted by Crippen LogP contribution is 2.23. The normalized spacial score (nSPS) is 13.5. The van der Waals surface area contributed by atoms with Gasteiger partial charge in [-0.2, -0.15) is 0 Å². The van der Waals surface area contributed by atoms with E-state index in [1.807, 2.05) is 19.1 Å². The summed E-state index contributed by atoms with van der Waals surface area (Å²) in [6.45, 7) is 2.82. The van der Waals surface area contributed by atoms with E-state index in [0.29, 0.717) is 23.6 Å². The summed E-state index contributed by atoms with van der Waals surface area (Å²) in [6.07, 6.45) is 0.438. The Kier molecular flexibility index (Phi) is 6.26. The third-order valence-corrected chi connectivity index (χ3v) is 4.13. The lowest BCUT2D eigenvalue weighted by atomic mass is 10.2. The van der Waals surface area contributed by atoms with Crippen molar-refractivity contribution in [2.75, 3.05) is 24.7 Å². The molecule has 0 bridgehead atoms. The van der Waals surface area contributed by atoms with Crippen molar-refractivity contribution in [2.45, 2.75) is 19.8 Å². The molecule has 2 aromatic rings. The summed E-state index contributed by atoms with van der Waals surface area (Å²) in [4.78, 5) is 36.7. The van der Waals surface area contributed by atoms with Crippen LogP contribution in [-0.2, 0) is 14.3 Å². The molecular formula is C21H21NO6. The lowest BCUT2D eigenvalue weighted by Gasteiger charge is -2.14. The number of hydrogen-bond acceptors (Lipinski definition) is 6. The van der Waals surface area contributed by atoms with Crippen molar-refractivity contribution in [3.63, 3.8) is 0 Å². The summed E-state index contributed by atoms with van der Waals surface area (Å²) in [7, 11) is 0. The van der Waals surface area contributed by atoms with Crippen LogP contribution >= 0.6 is 0 Å².